The smallest absolute Gasteiger partial charge is 0.255 e. The first-order chi connectivity index (χ1) is 10.5. The number of rotatable bonds is 3. The maximum absolute atomic E-state index is 13.7. The molecule has 110 valence electrons. The molecule has 0 unspecified atom stereocenters. The van der Waals surface area contributed by atoms with Crippen molar-refractivity contribution in [1.82, 2.24) is 0 Å². The quantitative estimate of drug-likeness (QED) is 0.913. The van der Waals surface area contributed by atoms with Crippen LogP contribution in [0.25, 0.3) is 0 Å². The van der Waals surface area contributed by atoms with Gasteiger partial charge in [0.1, 0.15) is 5.82 Å². The van der Waals surface area contributed by atoms with Crippen LogP contribution in [0.15, 0.2) is 42.5 Å². The second kappa shape index (κ2) is 6.50. The number of anilines is 2. The van der Waals surface area contributed by atoms with Crippen LogP contribution < -0.4 is 10.6 Å². The first-order valence-electron chi connectivity index (χ1n) is 6.38. The van der Waals surface area contributed by atoms with Crippen LogP contribution in [0.2, 0.25) is 0 Å². The van der Waals surface area contributed by atoms with Crippen molar-refractivity contribution in [1.29, 1.82) is 5.26 Å². The molecule has 2 rings (SSSR count). The molecule has 0 fully saturated rings. The van der Waals surface area contributed by atoms with Crippen LogP contribution in [-0.4, -0.2) is 11.8 Å². The number of carbonyl (C=O) groups is 2. The van der Waals surface area contributed by atoms with E-state index in [4.69, 9.17) is 5.26 Å². The van der Waals surface area contributed by atoms with Crippen LogP contribution in [0, 0.1) is 17.1 Å². The van der Waals surface area contributed by atoms with Crippen LogP contribution in [-0.2, 0) is 4.79 Å². The third-order valence-corrected chi connectivity index (χ3v) is 2.79. The van der Waals surface area contributed by atoms with E-state index in [0.29, 0.717) is 11.3 Å². The summed E-state index contributed by atoms with van der Waals surface area (Å²) in [6.07, 6.45) is 0. The highest BCUT2D eigenvalue weighted by Crippen LogP contribution is 2.20. The Hall–Kier alpha value is -3.20. The summed E-state index contributed by atoms with van der Waals surface area (Å²) in [7, 11) is 0. The van der Waals surface area contributed by atoms with Crippen LogP contribution in [0.3, 0.4) is 0 Å². The first-order valence-corrected chi connectivity index (χ1v) is 6.38. The molecule has 2 amide bonds. The topological polar surface area (TPSA) is 82.0 Å². The lowest BCUT2D eigenvalue weighted by atomic mass is 10.1. The molecule has 0 aromatic heterocycles. The zero-order valence-electron chi connectivity index (χ0n) is 11.7. The zero-order chi connectivity index (χ0) is 16.1. The minimum atomic E-state index is -0.626. The number of hydrogen-bond acceptors (Lipinski definition) is 3. The molecule has 0 radical (unpaired) electrons. The number of amides is 2. The highest BCUT2D eigenvalue weighted by molar-refractivity contribution is 6.05. The second-order valence-corrected chi connectivity index (χ2v) is 4.52. The molecule has 0 heterocycles. The normalized spacial score (nSPS) is 9.68. The summed E-state index contributed by atoms with van der Waals surface area (Å²) in [5, 5.41) is 13.7. The summed E-state index contributed by atoms with van der Waals surface area (Å²) in [5.74, 6) is -1.47. The maximum atomic E-state index is 13.7. The summed E-state index contributed by atoms with van der Waals surface area (Å²) >= 11 is 0. The fourth-order valence-corrected chi connectivity index (χ4v) is 1.83. The average Bonchev–Trinajstić information content (AvgIpc) is 2.50. The minimum Gasteiger partial charge on any atom is -0.326 e. The van der Waals surface area contributed by atoms with Crippen molar-refractivity contribution in [2.45, 2.75) is 6.92 Å². The molecule has 0 saturated heterocycles. The Morgan fingerprint density at radius 1 is 1.14 bits per heavy atom. The van der Waals surface area contributed by atoms with Gasteiger partial charge in [-0.05, 0) is 36.4 Å². The molecular formula is C16H12FN3O2. The summed E-state index contributed by atoms with van der Waals surface area (Å²) in [5.41, 5.74) is 0.886. The Bertz CT molecular complexity index is 781. The molecule has 22 heavy (non-hydrogen) atoms. The van der Waals surface area contributed by atoms with Crippen LogP contribution >= 0.6 is 0 Å². The van der Waals surface area contributed by atoms with Gasteiger partial charge in [-0.2, -0.15) is 5.26 Å². The molecule has 2 aromatic rings. The molecular weight excluding hydrogens is 285 g/mol. The average molecular weight is 297 g/mol. The Morgan fingerprint density at radius 2 is 1.91 bits per heavy atom. The summed E-state index contributed by atoms with van der Waals surface area (Å²) in [6.45, 7) is 1.33. The van der Waals surface area contributed by atoms with E-state index >= 15 is 0 Å². The highest BCUT2D eigenvalue weighted by Gasteiger charge is 2.11. The molecule has 5 nitrogen and oxygen atoms in total. The third kappa shape index (κ3) is 3.67. The molecule has 0 spiro atoms. The fourth-order valence-electron chi connectivity index (χ4n) is 1.83. The van der Waals surface area contributed by atoms with Crippen molar-refractivity contribution in [3.05, 3.63) is 59.4 Å². The Balaban J connectivity index is 2.24. The van der Waals surface area contributed by atoms with E-state index in [9.17, 15) is 14.0 Å². The highest BCUT2D eigenvalue weighted by atomic mass is 19.1. The predicted octanol–water partition coefficient (Wildman–Crippen LogP) is 2.91. The van der Waals surface area contributed by atoms with Crippen LogP contribution in [0.4, 0.5) is 15.8 Å². The summed E-state index contributed by atoms with van der Waals surface area (Å²) in [4.78, 5) is 23.1. The molecule has 0 aliphatic rings. The molecule has 2 aromatic carbocycles. The molecule has 6 heteroatoms. The summed E-state index contributed by atoms with van der Waals surface area (Å²) < 4.78 is 13.7. The SMILES string of the molecule is CC(=O)Nc1ccc(F)c(NC(=O)c2cccc(C#N)c2)c1. The molecule has 2 N–H and O–H groups in total. The van der Waals surface area contributed by atoms with Crippen molar-refractivity contribution < 1.29 is 14.0 Å². The van der Waals surface area contributed by atoms with Crippen molar-refractivity contribution >= 4 is 23.2 Å². The number of benzene rings is 2. The number of carbonyl (C=O) groups excluding carboxylic acids is 2. The molecule has 0 atom stereocenters. The summed E-state index contributed by atoms with van der Waals surface area (Å²) in [6, 6.07) is 11.8. The minimum absolute atomic E-state index is 0.0568. The molecule has 0 bridgehead atoms. The first kappa shape index (κ1) is 15.2. The van der Waals surface area contributed by atoms with Gasteiger partial charge < -0.3 is 10.6 Å². The van der Waals surface area contributed by atoms with Gasteiger partial charge in [-0.25, -0.2) is 4.39 Å². The van der Waals surface area contributed by atoms with E-state index in [1.54, 1.807) is 12.1 Å². The molecule has 0 aliphatic carbocycles. The van der Waals surface area contributed by atoms with Gasteiger partial charge in [0.25, 0.3) is 5.91 Å². The van der Waals surface area contributed by atoms with Crippen molar-refractivity contribution in [3.63, 3.8) is 0 Å². The number of nitriles is 1. The fraction of sp³-hybridized carbons (Fsp3) is 0.0625. The van der Waals surface area contributed by atoms with Crippen LogP contribution in [0.1, 0.15) is 22.8 Å². The number of nitrogens with zero attached hydrogens (tertiary/aromatic N) is 1. The Labute approximate surface area is 126 Å². The van der Waals surface area contributed by atoms with E-state index in [-0.39, 0.29) is 17.2 Å². The Morgan fingerprint density at radius 3 is 2.59 bits per heavy atom. The van der Waals surface area contributed by atoms with Gasteiger partial charge in [-0.1, -0.05) is 6.07 Å². The lowest BCUT2D eigenvalue weighted by Gasteiger charge is -2.09. The number of halogens is 1. The lowest BCUT2D eigenvalue weighted by Crippen LogP contribution is -2.14. The van der Waals surface area contributed by atoms with E-state index in [2.05, 4.69) is 10.6 Å². The van der Waals surface area contributed by atoms with E-state index < -0.39 is 11.7 Å². The van der Waals surface area contributed by atoms with Gasteiger partial charge in [0.05, 0.1) is 17.3 Å². The monoisotopic (exact) mass is 297 g/mol. The molecule has 0 aliphatic heterocycles. The Kier molecular flexibility index (Phi) is 4.49. The largest absolute Gasteiger partial charge is 0.326 e. The number of hydrogen-bond donors (Lipinski definition) is 2. The van der Waals surface area contributed by atoms with E-state index in [1.165, 1.54) is 31.2 Å². The van der Waals surface area contributed by atoms with Gasteiger partial charge >= 0.3 is 0 Å². The van der Waals surface area contributed by atoms with Crippen molar-refractivity contribution in [2.75, 3.05) is 10.6 Å². The van der Waals surface area contributed by atoms with Crippen LogP contribution in [0.5, 0.6) is 0 Å². The number of nitrogens with one attached hydrogen (secondary N) is 2. The third-order valence-electron chi connectivity index (χ3n) is 2.79. The van der Waals surface area contributed by atoms with E-state index in [1.807, 2.05) is 6.07 Å². The lowest BCUT2D eigenvalue weighted by molar-refractivity contribution is -0.114. The maximum Gasteiger partial charge on any atom is 0.255 e. The van der Waals surface area contributed by atoms with Gasteiger partial charge in [0.15, 0.2) is 0 Å². The van der Waals surface area contributed by atoms with Gasteiger partial charge in [-0.15, -0.1) is 0 Å². The zero-order valence-corrected chi connectivity index (χ0v) is 11.7. The standard InChI is InChI=1S/C16H12FN3O2/c1-10(21)19-13-5-6-14(17)15(8-13)20-16(22)12-4-2-3-11(7-12)9-18/h2-8H,1H3,(H,19,21)(H,20,22). The van der Waals surface area contributed by atoms with Gasteiger partial charge in [0, 0.05) is 18.2 Å². The molecule has 0 saturated carbocycles. The van der Waals surface area contributed by atoms with E-state index in [0.717, 1.165) is 6.07 Å². The van der Waals surface area contributed by atoms with Crippen molar-refractivity contribution in [2.24, 2.45) is 0 Å². The van der Waals surface area contributed by atoms with Gasteiger partial charge in [0.2, 0.25) is 5.91 Å². The van der Waals surface area contributed by atoms with Gasteiger partial charge in [-0.3, -0.25) is 9.59 Å². The second-order valence-electron chi connectivity index (χ2n) is 4.52. The van der Waals surface area contributed by atoms with Crippen molar-refractivity contribution in [3.8, 4) is 6.07 Å². The predicted molar refractivity (Wildman–Crippen MR) is 79.8 cm³/mol.